The molecule has 2 heterocycles. The molecule has 0 aromatic carbocycles. The molecule has 0 aliphatic carbocycles. The second-order valence-corrected chi connectivity index (χ2v) is 4.47. The summed E-state index contributed by atoms with van der Waals surface area (Å²) in [5, 5.41) is 11.2. The molecular formula is C13H22N6. The van der Waals surface area contributed by atoms with Gasteiger partial charge in [-0.2, -0.15) is 15.1 Å². The first kappa shape index (κ1) is 13.6. The largest absolute Gasteiger partial charge is 0.356 e. The summed E-state index contributed by atoms with van der Waals surface area (Å²) in [5.74, 6) is 1.62. The molecule has 6 heteroatoms. The molecule has 2 aromatic rings. The molecule has 19 heavy (non-hydrogen) atoms. The Bertz CT molecular complexity index is 521. The van der Waals surface area contributed by atoms with Crippen LogP contribution in [0, 0.1) is 0 Å². The molecule has 0 unspecified atom stereocenters. The molecule has 0 saturated carbocycles. The van der Waals surface area contributed by atoms with Gasteiger partial charge in [-0.15, -0.1) is 0 Å². The lowest BCUT2D eigenvalue weighted by atomic mass is 10.3. The zero-order valence-corrected chi connectivity index (χ0v) is 11.9. The maximum absolute atomic E-state index is 4.63. The Kier molecular flexibility index (Phi) is 4.54. The van der Waals surface area contributed by atoms with E-state index in [2.05, 4.69) is 44.2 Å². The number of fused-ring (bicyclic) bond motifs is 1. The molecule has 0 aliphatic rings. The van der Waals surface area contributed by atoms with Crippen molar-refractivity contribution in [1.82, 2.24) is 20.2 Å². The second-order valence-electron chi connectivity index (χ2n) is 4.47. The molecule has 0 aliphatic heterocycles. The van der Waals surface area contributed by atoms with Crippen molar-refractivity contribution < 1.29 is 0 Å². The van der Waals surface area contributed by atoms with Crippen molar-refractivity contribution in [2.75, 3.05) is 29.9 Å². The Labute approximate surface area is 113 Å². The van der Waals surface area contributed by atoms with Crippen molar-refractivity contribution >= 4 is 22.8 Å². The highest BCUT2D eigenvalue weighted by molar-refractivity contribution is 5.87. The summed E-state index contributed by atoms with van der Waals surface area (Å²) in [6.07, 6.45) is 4.14. The first-order valence-electron chi connectivity index (χ1n) is 7.00. The zero-order valence-electron chi connectivity index (χ0n) is 11.9. The van der Waals surface area contributed by atoms with Crippen molar-refractivity contribution in [3.05, 3.63) is 6.20 Å². The standard InChI is InChI=1S/C13H22N6/c1-4-7-8-19(6-3)12-10-9-15-18-11(10)16-13(17-12)14-5-2/h9H,4-8H2,1-3H3,(H2,14,15,16,17,18). The molecule has 0 radical (unpaired) electrons. The van der Waals surface area contributed by atoms with Gasteiger partial charge >= 0.3 is 0 Å². The summed E-state index contributed by atoms with van der Waals surface area (Å²) in [6, 6.07) is 0. The number of hydrogen-bond donors (Lipinski definition) is 2. The number of unbranched alkanes of at least 4 members (excludes halogenated alkanes) is 1. The highest BCUT2D eigenvalue weighted by Gasteiger charge is 2.14. The molecule has 0 bridgehead atoms. The van der Waals surface area contributed by atoms with E-state index in [9.17, 15) is 0 Å². The predicted molar refractivity (Wildman–Crippen MR) is 78.6 cm³/mol. The van der Waals surface area contributed by atoms with Gasteiger partial charge in [0.1, 0.15) is 5.82 Å². The van der Waals surface area contributed by atoms with Gasteiger partial charge in [-0.25, -0.2) is 0 Å². The summed E-state index contributed by atoms with van der Waals surface area (Å²) in [5.41, 5.74) is 0.788. The Morgan fingerprint density at radius 2 is 2.11 bits per heavy atom. The molecule has 2 aromatic heterocycles. The van der Waals surface area contributed by atoms with Crippen LogP contribution in [0.4, 0.5) is 11.8 Å². The van der Waals surface area contributed by atoms with Gasteiger partial charge in [0.25, 0.3) is 0 Å². The summed E-state index contributed by atoms with van der Waals surface area (Å²) >= 11 is 0. The van der Waals surface area contributed by atoms with Crippen LogP contribution in [-0.2, 0) is 0 Å². The Hall–Kier alpha value is -1.85. The molecule has 0 atom stereocenters. The molecular weight excluding hydrogens is 240 g/mol. The molecule has 0 fully saturated rings. The number of aromatic nitrogens is 4. The SMILES string of the molecule is CCCCN(CC)c1nc(NCC)nc2[nH]ncc12. The summed E-state index contributed by atoms with van der Waals surface area (Å²) in [4.78, 5) is 11.3. The predicted octanol–water partition coefficient (Wildman–Crippen LogP) is 2.41. The average molecular weight is 262 g/mol. The van der Waals surface area contributed by atoms with Crippen LogP contribution >= 0.6 is 0 Å². The van der Waals surface area contributed by atoms with Gasteiger partial charge in [-0.3, -0.25) is 5.10 Å². The summed E-state index contributed by atoms with van der Waals surface area (Å²) < 4.78 is 0. The van der Waals surface area contributed by atoms with Crippen molar-refractivity contribution in [2.24, 2.45) is 0 Å². The number of nitrogens with one attached hydrogen (secondary N) is 2. The van der Waals surface area contributed by atoms with Crippen molar-refractivity contribution in [2.45, 2.75) is 33.6 Å². The van der Waals surface area contributed by atoms with E-state index in [1.165, 1.54) is 6.42 Å². The maximum atomic E-state index is 4.63. The number of H-pyrrole nitrogens is 1. The maximum Gasteiger partial charge on any atom is 0.226 e. The number of aromatic amines is 1. The van der Waals surface area contributed by atoms with Crippen molar-refractivity contribution in [1.29, 1.82) is 0 Å². The van der Waals surface area contributed by atoms with E-state index in [0.29, 0.717) is 5.95 Å². The van der Waals surface area contributed by atoms with Crippen LogP contribution in [0.3, 0.4) is 0 Å². The van der Waals surface area contributed by atoms with E-state index in [1.807, 2.05) is 6.92 Å². The van der Waals surface area contributed by atoms with Crippen LogP contribution in [0.2, 0.25) is 0 Å². The van der Waals surface area contributed by atoms with Crippen LogP contribution in [0.15, 0.2) is 6.20 Å². The number of nitrogens with zero attached hydrogens (tertiary/aromatic N) is 4. The minimum atomic E-state index is 0.657. The topological polar surface area (TPSA) is 69.7 Å². The fraction of sp³-hybridized carbons (Fsp3) is 0.615. The Morgan fingerprint density at radius 3 is 2.79 bits per heavy atom. The number of anilines is 2. The molecule has 2 N–H and O–H groups in total. The minimum Gasteiger partial charge on any atom is -0.356 e. The van der Waals surface area contributed by atoms with E-state index in [0.717, 1.165) is 42.9 Å². The average Bonchev–Trinajstić information content (AvgIpc) is 2.88. The van der Waals surface area contributed by atoms with Crippen LogP contribution in [0.1, 0.15) is 33.6 Å². The first-order chi connectivity index (χ1) is 9.30. The molecule has 2 rings (SSSR count). The van der Waals surface area contributed by atoms with Gasteiger partial charge in [-0.05, 0) is 20.3 Å². The molecule has 0 amide bonds. The lowest BCUT2D eigenvalue weighted by molar-refractivity contribution is 0.726. The highest BCUT2D eigenvalue weighted by atomic mass is 15.3. The fourth-order valence-corrected chi connectivity index (χ4v) is 2.06. The third-order valence-corrected chi connectivity index (χ3v) is 3.09. The van der Waals surface area contributed by atoms with E-state index >= 15 is 0 Å². The van der Waals surface area contributed by atoms with Crippen molar-refractivity contribution in [3.63, 3.8) is 0 Å². The van der Waals surface area contributed by atoms with Crippen LogP contribution in [0.5, 0.6) is 0 Å². The number of hydrogen-bond acceptors (Lipinski definition) is 5. The quantitative estimate of drug-likeness (QED) is 0.802. The monoisotopic (exact) mass is 262 g/mol. The van der Waals surface area contributed by atoms with Gasteiger partial charge in [0.05, 0.1) is 11.6 Å². The van der Waals surface area contributed by atoms with E-state index in [1.54, 1.807) is 6.20 Å². The van der Waals surface area contributed by atoms with Crippen LogP contribution in [0.25, 0.3) is 11.0 Å². The third kappa shape index (κ3) is 2.94. The lowest BCUT2D eigenvalue weighted by Crippen LogP contribution is -2.25. The minimum absolute atomic E-state index is 0.657. The zero-order chi connectivity index (χ0) is 13.7. The van der Waals surface area contributed by atoms with Gasteiger partial charge in [-0.1, -0.05) is 13.3 Å². The van der Waals surface area contributed by atoms with Gasteiger partial charge in [0.15, 0.2) is 5.65 Å². The Balaban J connectivity index is 2.40. The molecule has 0 saturated heterocycles. The van der Waals surface area contributed by atoms with Crippen LogP contribution < -0.4 is 10.2 Å². The van der Waals surface area contributed by atoms with Crippen LogP contribution in [-0.4, -0.2) is 39.8 Å². The van der Waals surface area contributed by atoms with Crippen molar-refractivity contribution in [3.8, 4) is 0 Å². The molecule has 0 spiro atoms. The highest BCUT2D eigenvalue weighted by Crippen LogP contribution is 2.24. The lowest BCUT2D eigenvalue weighted by Gasteiger charge is -2.22. The summed E-state index contributed by atoms with van der Waals surface area (Å²) in [6.45, 7) is 9.13. The molecule has 104 valence electrons. The van der Waals surface area contributed by atoms with E-state index < -0.39 is 0 Å². The van der Waals surface area contributed by atoms with Gasteiger partial charge in [0.2, 0.25) is 5.95 Å². The Morgan fingerprint density at radius 1 is 1.26 bits per heavy atom. The van der Waals surface area contributed by atoms with Gasteiger partial charge < -0.3 is 10.2 Å². The van der Waals surface area contributed by atoms with E-state index in [4.69, 9.17) is 0 Å². The third-order valence-electron chi connectivity index (χ3n) is 3.09. The van der Waals surface area contributed by atoms with Gasteiger partial charge in [0, 0.05) is 19.6 Å². The molecule has 6 nitrogen and oxygen atoms in total. The normalized spacial score (nSPS) is 10.9. The number of rotatable bonds is 7. The van der Waals surface area contributed by atoms with E-state index in [-0.39, 0.29) is 0 Å². The summed E-state index contributed by atoms with van der Waals surface area (Å²) in [7, 11) is 0. The first-order valence-corrected chi connectivity index (χ1v) is 7.00. The fourth-order valence-electron chi connectivity index (χ4n) is 2.06. The smallest absolute Gasteiger partial charge is 0.226 e. The second kappa shape index (κ2) is 6.36.